The minimum atomic E-state index is -1.22. The van der Waals surface area contributed by atoms with Crippen LogP contribution in [0.4, 0.5) is 4.39 Å². The number of carbonyl (C=O) groups is 1. The predicted molar refractivity (Wildman–Crippen MR) is 63.1 cm³/mol. The van der Waals surface area contributed by atoms with Crippen LogP contribution in [0.2, 0.25) is 0 Å². The average molecular weight is 236 g/mol. The first kappa shape index (κ1) is 12.2. The van der Waals surface area contributed by atoms with Crippen LogP contribution >= 0.6 is 0 Å². The lowest BCUT2D eigenvalue weighted by atomic mass is 9.80. The zero-order valence-electron chi connectivity index (χ0n) is 9.79. The third kappa shape index (κ3) is 2.72. The van der Waals surface area contributed by atoms with Crippen LogP contribution < -0.4 is 0 Å². The van der Waals surface area contributed by atoms with Crippen molar-refractivity contribution in [2.75, 3.05) is 0 Å². The largest absolute Gasteiger partial charge is 0.382 e. The molecular weight excluding hydrogens is 219 g/mol. The van der Waals surface area contributed by atoms with Gasteiger partial charge in [0.05, 0.1) is 0 Å². The van der Waals surface area contributed by atoms with E-state index < -0.39 is 5.60 Å². The van der Waals surface area contributed by atoms with Crippen LogP contribution in [0.5, 0.6) is 0 Å². The van der Waals surface area contributed by atoms with Crippen molar-refractivity contribution in [3.05, 3.63) is 35.6 Å². The summed E-state index contributed by atoms with van der Waals surface area (Å²) in [6, 6.07) is 6.24. The van der Waals surface area contributed by atoms with Gasteiger partial charge in [-0.25, -0.2) is 4.39 Å². The van der Waals surface area contributed by atoms with Crippen molar-refractivity contribution in [2.45, 2.75) is 44.1 Å². The minimum Gasteiger partial charge on any atom is -0.382 e. The number of halogens is 1. The zero-order chi connectivity index (χ0) is 12.3. The van der Waals surface area contributed by atoms with Crippen molar-refractivity contribution in [1.29, 1.82) is 0 Å². The van der Waals surface area contributed by atoms with Crippen LogP contribution in [-0.2, 0) is 11.2 Å². The van der Waals surface area contributed by atoms with E-state index in [0.29, 0.717) is 18.4 Å². The molecule has 1 aliphatic carbocycles. The van der Waals surface area contributed by atoms with Crippen LogP contribution in [0.15, 0.2) is 24.3 Å². The van der Waals surface area contributed by atoms with E-state index in [4.69, 9.17) is 0 Å². The minimum absolute atomic E-state index is 0.0107. The molecule has 0 atom stereocenters. The number of Topliss-reactive ketones (excluding diaryl/α,β-unsaturated/α-hetero) is 1. The van der Waals surface area contributed by atoms with E-state index in [0.717, 1.165) is 19.3 Å². The Morgan fingerprint density at radius 1 is 1.24 bits per heavy atom. The summed E-state index contributed by atoms with van der Waals surface area (Å²) >= 11 is 0. The van der Waals surface area contributed by atoms with Crippen molar-refractivity contribution >= 4 is 5.78 Å². The van der Waals surface area contributed by atoms with Gasteiger partial charge in [0.2, 0.25) is 0 Å². The van der Waals surface area contributed by atoms with E-state index in [1.54, 1.807) is 18.2 Å². The second-order valence-corrected chi connectivity index (χ2v) is 4.78. The quantitative estimate of drug-likeness (QED) is 0.876. The molecule has 1 aromatic rings. The van der Waals surface area contributed by atoms with Gasteiger partial charge in [-0.1, -0.05) is 37.5 Å². The van der Waals surface area contributed by atoms with E-state index >= 15 is 0 Å². The second-order valence-electron chi connectivity index (χ2n) is 4.78. The van der Waals surface area contributed by atoms with E-state index in [2.05, 4.69) is 0 Å². The summed E-state index contributed by atoms with van der Waals surface area (Å²) in [7, 11) is 0. The molecule has 0 amide bonds. The van der Waals surface area contributed by atoms with Gasteiger partial charge < -0.3 is 5.11 Å². The molecule has 1 aliphatic rings. The Morgan fingerprint density at radius 2 is 1.88 bits per heavy atom. The van der Waals surface area contributed by atoms with Crippen molar-refractivity contribution in [3.63, 3.8) is 0 Å². The highest BCUT2D eigenvalue weighted by Crippen LogP contribution is 2.30. The molecule has 1 N–H and O–H groups in total. The lowest BCUT2D eigenvalue weighted by Gasteiger charge is -2.30. The molecular formula is C14H17FO2. The molecule has 17 heavy (non-hydrogen) atoms. The molecule has 1 aromatic carbocycles. The Labute approximate surface area is 100 Å². The summed E-state index contributed by atoms with van der Waals surface area (Å²) in [5, 5.41) is 10.2. The third-order valence-electron chi connectivity index (χ3n) is 3.51. The fourth-order valence-corrected chi connectivity index (χ4v) is 2.39. The van der Waals surface area contributed by atoms with Gasteiger partial charge in [-0.2, -0.15) is 0 Å². The monoisotopic (exact) mass is 236 g/mol. The predicted octanol–water partition coefficient (Wildman–Crippen LogP) is 2.63. The Balaban J connectivity index is 2.08. The molecule has 2 rings (SSSR count). The standard InChI is InChI=1S/C14H17FO2/c15-12-7-3-2-6-11(12)10-13(16)14(17)8-4-1-5-9-14/h2-3,6-7,17H,1,4-5,8-10H2. The van der Waals surface area contributed by atoms with Gasteiger partial charge in [0, 0.05) is 6.42 Å². The average Bonchev–Trinajstić information content (AvgIpc) is 2.33. The highest BCUT2D eigenvalue weighted by atomic mass is 19.1. The molecule has 0 saturated heterocycles. The van der Waals surface area contributed by atoms with E-state index in [1.807, 2.05) is 0 Å². The highest BCUT2D eigenvalue weighted by Gasteiger charge is 2.36. The Bertz CT molecular complexity index is 408. The maximum absolute atomic E-state index is 13.4. The van der Waals surface area contributed by atoms with Crippen LogP contribution in [0.1, 0.15) is 37.7 Å². The number of carbonyl (C=O) groups excluding carboxylic acids is 1. The molecule has 0 bridgehead atoms. The first-order valence-electron chi connectivity index (χ1n) is 6.11. The SMILES string of the molecule is O=C(Cc1ccccc1F)C1(O)CCCCC1. The van der Waals surface area contributed by atoms with Gasteiger partial charge in [-0.05, 0) is 24.5 Å². The number of ketones is 1. The van der Waals surface area contributed by atoms with Gasteiger partial charge in [-0.3, -0.25) is 4.79 Å². The smallest absolute Gasteiger partial charge is 0.168 e. The summed E-state index contributed by atoms with van der Waals surface area (Å²) in [6.07, 6.45) is 3.83. The molecule has 1 saturated carbocycles. The summed E-state index contributed by atoms with van der Waals surface area (Å²) < 4.78 is 13.4. The molecule has 0 aliphatic heterocycles. The molecule has 0 unspecified atom stereocenters. The molecule has 92 valence electrons. The van der Waals surface area contributed by atoms with Crippen LogP contribution in [-0.4, -0.2) is 16.5 Å². The number of hydrogen-bond donors (Lipinski definition) is 1. The highest BCUT2D eigenvalue weighted by molar-refractivity contribution is 5.89. The van der Waals surface area contributed by atoms with Gasteiger partial charge in [0.25, 0.3) is 0 Å². The van der Waals surface area contributed by atoms with E-state index in [-0.39, 0.29) is 18.0 Å². The lowest BCUT2D eigenvalue weighted by Crippen LogP contribution is -2.41. The topological polar surface area (TPSA) is 37.3 Å². The van der Waals surface area contributed by atoms with Crippen molar-refractivity contribution < 1.29 is 14.3 Å². The van der Waals surface area contributed by atoms with E-state index in [1.165, 1.54) is 6.07 Å². The van der Waals surface area contributed by atoms with Gasteiger partial charge in [0.1, 0.15) is 11.4 Å². The maximum atomic E-state index is 13.4. The fraction of sp³-hybridized carbons (Fsp3) is 0.500. The first-order chi connectivity index (χ1) is 8.12. The Hall–Kier alpha value is -1.22. The Morgan fingerprint density at radius 3 is 2.53 bits per heavy atom. The number of benzene rings is 1. The molecule has 0 radical (unpaired) electrons. The van der Waals surface area contributed by atoms with Crippen molar-refractivity contribution in [2.24, 2.45) is 0 Å². The number of hydrogen-bond acceptors (Lipinski definition) is 2. The maximum Gasteiger partial charge on any atom is 0.168 e. The van der Waals surface area contributed by atoms with E-state index in [9.17, 15) is 14.3 Å². The van der Waals surface area contributed by atoms with Gasteiger partial charge >= 0.3 is 0 Å². The third-order valence-corrected chi connectivity index (χ3v) is 3.51. The Kier molecular flexibility index (Phi) is 3.57. The summed E-state index contributed by atoms with van der Waals surface area (Å²) in [5.74, 6) is -0.623. The summed E-state index contributed by atoms with van der Waals surface area (Å²) in [4.78, 5) is 12.0. The molecule has 0 heterocycles. The molecule has 0 spiro atoms. The van der Waals surface area contributed by atoms with Gasteiger partial charge in [-0.15, -0.1) is 0 Å². The van der Waals surface area contributed by atoms with Crippen molar-refractivity contribution in [3.8, 4) is 0 Å². The number of rotatable bonds is 3. The fourth-order valence-electron chi connectivity index (χ4n) is 2.39. The van der Waals surface area contributed by atoms with Gasteiger partial charge in [0.15, 0.2) is 5.78 Å². The molecule has 3 heteroatoms. The molecule has 1 fully saturated rings. The molecule has 0 aromatic heterocycles. The van der Waals surface area contributed by atoms with Crippen LogP contribution in [0.3, 0.4) is 0 Å². The zero-order valence-corrected chi connectivity index (χ0v) is 9.79. The normalized spacial score (nSPS) is 18.9. The molecule has 2 nitrogen and oxygen atoms in total. The summed E-state index contributed by atoms with van der Waals surface area (Å²) in [6.45, 7) is 0. The summed E-state index contributed by atoms with van der Waals surface area (Å²) in [5.41, 5.74) is -0.850. The lowest BCUT2D eigenvalue weighted by molar-refractivity contribution is -0.139. The first-order valence-corrected chi connectivity index (χ1v) is 6.11. The van der Waals surface area contributed by atoms with Crippen LogP contribution in [0.25, 0.3) is 0 Å². The second kappa shape index (κ2) is 4.96. The van der Waals surface area contributed by atoms with Crippen LogP contribution in [0, 0.1) is 5.82 Å². The van der Waals surface area contributed by atoms with Crippen molar-refractivity contribution in [1.82, 2.24) is 0 Å². The number of aliphatic hydroxyl groups is 1.